The molecule has 2 atom stereocenters. The predicted molar refractivity (Wildman–Crippen MR) is 108 cm³/mol. The SMILES string of the molecule is O=C(NCC(O)COc1ccc2c(c1)OCO2)C1=NN(C2CCS(=O)(=O)C2)C(=O)CC1. The van der Waals surface area contributed by atoms with Crippen LogP contribution in [0.2, 0.25) is 0 Å². The van der Waals surface area contributed by atoms with Crippen molar-refractivity contribution in [3.8, 4) is 17.2 Å². The van der Waals surface area contributed by atoms with E-state index in [2.05, 4.69) is 10.4 Å². The summed E-state index contributed by atoms with van der Waals surface area (Å²) in [4.78, 5) is 24.6. The molecule has 2 unspecified atom stereocenters. The van der Waals surface area contributed by atoms with Crippen molar-refractivity contribution < 1.29 is 37.3 Å². The second-order valence-corrected chi connectivity index (χ2v) is 9.76. The number of rotatable bonds is 7. The molecule has 31 heavy (non-hydrogen) atoms. The molecule has 12 heteroatoms. The van der Waals surface area contributed by atoms with Gasteiger partial charge >= 0.3 is 0 Å². The molecule has 3 aliphatic rings. The maximum Gasteiger partial charge on any atom is 0.267 e. The van der Waals surface area contributed by atoms with Gasteiger partial charge < -0.3 is 24.6 Å². The van der Waals surface area contributed by atoms with E-state index in [1.54, 1.807) is 18.2 Å². The fourth-order valence-corrected chi connectivity index (χ4v) is 5.21. The number of aliphatic hydroxyl groups is 1. The number of ether oxygens (including phenoxy) is 3. The standard InChI is InChI=1S/C19H23N3O8S/c23-13(9-28-14-1-3-16-17(7-14)30-11-29-16)8-20-19(25)15-2-4-18(24)22(21-15)12-5-6-31(26,27)10-12/h1,3,7,12-13,23H,2,4-6,8-11H2,(H,20,25). The van der Waals surface area contributed by atoms with Crippen molar-refractivity contribution in [3.63, 3.8) is 0 Å². The molecule has 1 aromatic rings. The third-order valence-electron chi connectivity index (χ3n) is 5.16. The molecule has 168 valence electrons. The largest absolute Gasteiger partial charge is 0.491 e. The Bertz CT molecular complexity index is 1010. The summed E-state index contributed by atoms with van der Waals surface area (Å²) in [7, 11) is -3.19. The Kier molecular flexibility index (Phi) is 6.01. The lowest BCUT2D eigenvalue weighted by Crippen LogP contribution is -2.45. The number of hydrogen-bond acceptors (Lipinski definition) is 9. The molecular formula is C19H23N3O8S. The molecule has 3 heterocycles. The Balaban J connectivity index is 1.27. The quantitative estimate of drug-likeness (QED) is 0.559. The van der Waals surface area contributed by atoms with Gasteiger partial charge in [-0.3, -0.25) is 9.59 Å². The normalized spacial score (nSPS) is 22.7. The van der Waals surface area contributed by atoms with Gasteiger partial charge in [0, 0.05) is 25.5 Å². The fraction of sp³-hybridized carbons (Fsp3) is 0.526. The van der Waals surface area contributed by atoms with E-state index in [1.807, 2.05) is 0 Å². The molecule has 1 aromatic carbocycles. The van der Waals surface area contributed by atoms with E-state index in [1.165, 1.54) is 0 Å². The maximum absolute atomic E-state index is 12.4. The monoisotopic (exact) mass is 453 g/mol. The summed E-state index contributed by atoms with van der Waals surface area (Å²) in [5.74, 6) is 0.727. The molecule has 0 spiro atoms. The van der Waals surface area contributed by atoms with Gasteiger partial charge in [-0.2, -0.15) is 5.10 Å². The number of hydrazone groups is 1. The number of benzene rings is 1. The van der Waals surface area contributed by atoms with Gasteiger partial charge in [-0.15, -0.1) is 0 Å². The van der Waals surface area contributed by atoms with E-state index in [4.69, 9.17) is 14.2 Å². The minimum atomic E-state index is -3.19. The van der Waals surface area contributed by atoms with E-state index in [0.29, 0.717) is 23.7 Å². The number of nitrogens with one attached hydrogen (secondary N) is 1. The fourth-order valence-electron chi connectivity index (χ4n) is 3.52. The summed E-state index contributed by atoms with van der Waals surface area (Å²) in [6, 6.07) is 4.50. The van der Waals surface area contributed by atoms with Gasteiger partial charge in [0.15, 0.2) is 21.3 Å². The van der Waals surface area contributed by atoms with Gasteiger partial charge in [0.25, 0.3) is 5.91 Å². The average molecular weight is 453 g/mol. The van der Waals surface area contributed by atoms with Gasteiger partial charge in [-0.1, -0.05) is 0 Å². The number of carbonyl (C=O) groups excluding carboxylic acids is 2. The third-order valence-corrected chi connectivity index (χ3v) is 6.91. The van der Waals surface area contributed by atoms with Crippen LogP contribution < -0.4 is 19.5 Å². The van der Waals surface area contributed by atoms with Crippen molar-refractivity contribution in [2.45, 2.75) is 31.4 Å². The summed E-state index contributed by atoms with van der Waals surface area (Å²) >= 11 is 0. The zero-order valence-corrected chi connectivity index (χ0v) is 17.5. The summed E-state index contributed by atoms with van der Waals surface area (Å²) < 4.78 is 39.4. The van der Waals surface area contributed by atoms with Crippen molar-refractivity contribution in [2.75, 3.05) is 31.5 Å². The number of carbonyl (C=O) groups is 2. The number of nitrogens with zero attached hydrogens (tertiary/aromatic N) is 2. The first kappa shape index (κ1) is 21.4. The third kappa shape index (κ3) is 5.07. The Labute approximate surface area is 178 Å². The lowest BCUT2D eigenvalue weighted by atomic mass is 10.1. The van der Waals surface area contributed by atoms with Crippen LogP contribution in [-0.4, -0.2) is 79.7 Å². The first-order valence-corrected chi connectivity index (χ1v) is 11.7. The van der Waals surface area contributed by atoms with Crippen molar-refractivity contribution in [1.82, 2.24) is 10.3 Å². The Morgan fingerprint density at radius 3 is 2.90 bits per heavy atom. The predicted octanol–water partition coefficient (Wildman–Crippen LogP) is -0.563. The summed E-state index contributed by atoms with van der Waals surface area (Å²) in [5, 5.41) is 17.9. The molecule has 2 N–H and O–H groups in total. The number of sulfone groups is 1. The van der Waals surface area contributed by atoms with E-state index < -0.39 is 27.9 Å². The lowest BCUT2D eigenvalue weighted by molar-refractivity contribution is -0.133. The first-order valence-electron chi connectivity index (χ1n) is 9.89. The van der Waals surface area contributed by atoms with Crippen LogP contribution >= 0.6 is 0 Å². The zero-order valence-electron chi connectivity index (χ0n) is 16.7. The zero-order chi connectivity index (χ0) is 22.0. The highest BCUT2D eigenvalue weighted by atomic mass is 32.2. The van der Waals surface area contributed by atoms with Crippen molar-refractivity contribution >= 4 is 27.4 Å². The molecule has 0 aromatic heterocycles. The van der Waals surface area contributed by atoms with E-state index >= 15 is 0 Å². The lowest BCUT2D eigenvalue weighted by Gasteiger charge is -2.27. The molecule has 0 bridgehead atoms. The molecule has 11 nitrogen and oxygen atoms in total. The molecular weight excluding hydrogens is 430 g/mol. The topological polar surface area (TPSA) is 144 Å². The van der Waals surface area contributed by atoms with Gasteiger partial charge in [0.05, 0.1) is 17.5 Å². The van der Waals surface area contributed by atoms with Gasteiger partial charge in [0.2, 0.25) is 12.7 Å². The van der Waals surface area contributed by atoms with Gasteiger partial charge in [-0.05, 0) is 18.6 Å². The van der Waals surface area contributed by atoms with E-state index in [-0.39, 0.29) is 55.9 Å². The highest BCUT2D eigenvalue weighted by Crippen LogP contribution is 2.35. The second kappa shape index (κ2) is 8.71. The average Bonchev–Trinajstić information content (AvgIpc) is 3.36. The van der Waals surface area contributed by atoms with E-state index in [0.717, 1.165) is 5.01 Å². The van der Waals surface area contributed by atoms with Gasteiger partial charge in [0.1, 0.15) is 24.2 Å². The van der Waals surface area contributed by atoms with Crippen LogP contribution in [0, 0.1) is 0 Å². The maximum atomic E-state index is 12.4. The van der Waals surface area contributed by atoms with Crippen molar-refractivity contribution in [3.05, 3.63) is 18.2 Å². The first-order chi connectivity index (χ1) is 14.8. The number of aliphatic hydroxyl groups excluding tert-OH is 1. The summed E-state index contributed by atoms with van der Waals surface area (Å²) in [6.07, 6.45) is -0.429. The number of amides is 2. The van der Waals surface area contributed by atoms with Crippen molar-refractivity contribution in [2.24, 2.45) is 5.10 Å². The highest BCUT2D eigenvalue weighted by Gasteiger charge is 2.37. The van der Waals surface area contributed by atoms with Crippen LogP contribution in [0.25, 0.3) is 0 Å². The summed E-state index contributed by atoms with van der Waals surface area (Å²) in [6.45, 7) is 0.0159. The molecule has 1 saturated heterocycles. The molecule has 2 amide bonds. The second-order valence-electron chi connectivity index (χ2n) is 7.53. The van der Waals surface area contributed by atoms with Crippen molar-refractivity contribution in [1.29, 1.82) is 0 Å². The van der Waals surface area contributed by atoms with Crippen LogP contribution in [0.3, 0.4) is 0 Å². The molecule has 0 radical (unpaired) electrons. The molecule has 0 aliphatic carbocycles. The van der Waals surface area contributed by atoms with Gasteiger partial charge in [-0.25, -0.2) is 13.4 Å². The number of fused-ring (bicyclic) bond motifs is 1. The smallest absolute Gasteiger partial charge is 0.267 e. The van der Waals surface area contributed by atoms with Crippen LogP contribution in [0.15, 0.2) is 23.3 Å². The van der Waals surface area contributed by atoms with Crippen LogP contribution in [-0.2, 0) is 19.4 Å². The molecule has 4 rings (SSSR count). The molecule has 3 aliphatic heterocycles. The molecule has 1 fully saturated rings. The Morgan fingerprint density at radius 1 is 1.32 bits per heavy atom. The Hall–Kier alpha value is -2.86. The summed E-state index contributed by atoms with van der Waals surface area (Å²) in [5.41, 5.74) is 0.132. The van der Waals surface area contributed by atoms with Crippen LogP contribution in [0.4, 0.5) is 0 Å². The highest BCUT2D eigenvalue weighted by molar-refractivity contribution is 7.91. The minimum Gasteiger partial charge on any atom is -0.491 e. The van der Waals surface area contributed by atoms with Crippen LogP contribution in [0.1, 0.15) is 19.3 Å². The Morgan fingerprint density at radius 2 is 2.13 bits per heavy atom. The molecule has 0 saturated carbocycles. The number of hydrogen-bond donors (Lipinski definition) is 2. The van der Waals surface area contributed by atoms with E-state index in [9.17, 15) is 23.1 Å². The minimum absolute atomic E-state index is 0.00799. The van der Waals surface area contributed by atoms with Crippen LogP contribution in [0.5, 0.6) is 17.2 Å².